The first-order valence-corrected chi connectivity index (χ1v) is 12.9. The molecule has 6 rings (SSSR count). The molecule has 0 aromatic heterocycles. The number of benzene rings is 5. The summed E-state index contributed by atoms with van der Waals surface area (Å²) < 4.78 is 12.6. The van der Waals surface area contributed by atoms with Crippen LogP contribution in [0, 0.1) is 0 Å². The van der Waals surface area contributed by atoms with Crippen LogP contribution in [0.15, 0.2) is 84.9 Å². The van der Waals surface area contributed by atoms with E-state index in [-0.39, 0.29) is 53.8 Å². The van der Waals surface area contributed by atoms with Gasteiger partial charge in [0.15, 0.2) is 11.6 Å². The van der Waals surface area contributed by atoms with Crippen molar-refractivity contribution in [2.75, 3.05) is 0 Å². The standard InChI is InChI=1S/C30H14Cl4O4/c31-21-11-17-18(12-22(21)32)28(36)26-25(27(17)35)29(37-15-7-3-1-4-8-15)19-13-23(33)24(34)14-20(19)30(26)38-16-9-5-2-6-10-16/h1-14H. The first-order chi connectivity index (χ1) is 18.3. The molecule has 0 saturated heterocycles. The van der Waals surface area contributed by atoms with Gasteiger partial charge >= 0.3 is 0 Å². The molecule has 0 heterocycles. The lowest BCUT2D eigenvalue weighted by molar-refractivity contribution is 0.0975. The number of ether oxygens (including phenoxy) is 2. The Bertz CT molecular complexity index is 1650. The minimum absolute atomic E-state index is 0.0292. The lowest BCUT2D eigenvalue weighted by Gasteiger charge is -2.25. The number of halogens is 4. The predicted octanol–water partition coefficient (Wildman–Crippen LogP) is 9.81. The van der Waals surface area contributed by atoms with Gasteiger partial charge in [0.25, 0.3) is 0 Å². The predicted molar refractivity (Wildman–Crippen MR) is 150 cm³/mol. The zero-order valence-corrected chi connectivity index (χ0v) is 22.3. The maximum Gasteiger partial charge on any atom is 0.198 e. The Balaban J connectivity index is 1.74. The highest BCUT2D eigenvalue weighted by Crippen LogP contribution is 2.50. The third-order valence-electron chi connectivity index (χ3n) is 6.18. The van der Waals surface area contributed by atoms with Crippen LogP contribution in [0.5, 0.6) is 23.0 Å². The van der Waals surface area contributed by atoms with Crippen molar-refractivity contribution in [2.45, 2.75) is 0 Å². The zero-order chi connectivity index (χ0) is 26.6. The van der Waals surface area contributed by atoms with Crippen molar-refractivity contribution in [3.63, 3.8) is 0 Å². The lowest BCUT2D eigenvalue weighted by Crippen LogP contribution is -2.23. The SMILES string of the molecule is O=C1c2cc(Cl)c(Cl)cc2C(=O)c2c1c(Oc1ccccc1)c1cc(Cl)c(Cl)cc1c2Oc1ccccc1. The molecule has 0 atom stereocenters. The fourth-order valence-corrected chi connectivity index (χ4v) is 5.12. The second-order valence-corrected chi connectivity index (χ2v) is 10.1. The normalized spacial score (nSPS) is 12.3. The van der Waals surface area contributed by atoms with Gasteiger partial charge in [-0.3, -0.25) is 9.59 Å². The second kappa shape index (κ2) is 9.64. The van der Waals surface area contributed by atoms with Gasteiger partial charge in [-0.2, -0.15) is 0 Å². The molecule has 0 aliphatic heterocycles. The van der Waals surface area contributed by atoms with Gasteiger partial charge in [-0.05, 0) is 48.5 Å². The van der Waals surface area contributed by atoms with Crippen molar-refractivity contribution in [1.82, 2.24) is 0 Å². The molecule has 1 aliphatic carbocycles. The van der Waals surface area contributed by atoms with Crippen molar-refractivity contribution in [3.05, 3.63) is 127 Å². The summed E-state index contributed by atoms with van der Waals surface area (Å²) in [5.41, 5.74) is 0.280. The third kappa shape index (κ3) is 4.11. The van der Waals surface area contributed by atoms with Crippen molar-refractivity contribution in [1.29, 1.82) is 0 Å². The second-order valence-electron chi connectivity index (χ2n) is 8.52. The third-order valence-corrected chi connectivity index (χ3v) is 7.63. The van der Waals surface area contributed by atoms with Crippen LogP contribution in [-0.2, 0) is 0 Å². The topological polar surface area (TPSA) is 52.6 Å². The quantitative estimate of drug-likeness (QED) is 0.208. The first-order valence-electron chi connectivity index (χ1n) is 11.4. The summed E-state index contributed by atoms with van der Waals surface area (Å²) >= 11 is 25.3. The Morgan fingerprint density at radius 2 is 0.816 bits per heavy atom. The van der Waals surface area contributed by atoms with Crippen molar-refractivity contribution >= 4 is 68.7 Å². The molecule has 0 saturated carbocycles. The van der Waals surface area contributed by atoms with E-state index >= 15 is 0 Å². The Hall–Kier alpha value is -3.54. The van der Waals surface area contributed by atoms with E-state index in [1.54, 1.807) is 60.7 Å². The number of hydrogen-bond acceptors (Lipinski definition) is 4. The van der Waals surface area contributed by atoms with Crippen LogP contribution in [0.1, 0.15) is 31.8 Å². The van der Waals surface area contributed by atoms with E-state index in [2.05, 4.69) is 0 Å². The molecule has 0 radical (unpaired) electrons. The number of carbonyl (C=O) groups excluding carboxylic acids is 2. The Morgan fingerprint density at radius 3 is 1.18 bits per heavy atom. The van der Waals surface area contributed by atoms with E-state index in [9.17, 15) is 9.59 Å². The van der Waals surface area contributed by atoms with E-state index < -0.39 is 11.6 Å². The zero-order valence-electron chi connectivity index (χ0n) is 19.2. The van der Waals surface area contributed by atoms with Gasteiger partial charge in [-0.1, -0.05) is 82.8 Å². The van der Waals surface area contributed by atoms with E-state index in [0.29, 0.717) is 22.3 Å². The van der Waals surface area contributed by atoms with Crippen molar-refractivity contribution in [2.24, 2.45) is 0 Å². The van der Waals surface area contributed by atoms with Crippen LogP contribution < -0.4 is 9.47 Å². The minimum Gasteiger partial charge on any atom is -0.456 e. The molecular formula is C30H14Cl4O4. The fourth-order valence-electron chi connectivity index (χ4n) is 4.47. The molecule has 0 bridgehead atoms. The van der Waals surface area contributed by atoms with Crippen LogP contribution in [0.2, 0.25) is 20.1 Å². The monoisotopic (exact) mass is 578 g/mol. The number of ketones is 2. The molecule has 0 N–H and O–H groups in total. The summed E-state index contributed by atoms with van der Waals surface area (Å²) in [4.78, 5) is 28.2. The summed E-state index contributed by atoms with van der Waals surface area (Å²) in [7, 11) is 0. The van der Waals surface area contributed by atoms with Gasteiger partial charge < -0.3 is 9.47 Å². The van der Waals surface area contributed by atoms with E-state index in [4.69, 9.17) is 55.9 Å². The molecule has 0 spiro atoms. The van der Waals surface area contributed by atoms with Crippen molar-refractivity contribution in [3.8, 4) is 23.0 Å². The number of para-hydroxylation sites is 2. The molecule has 38 heavy (non-hydrogen) atoms. The smallest absolute Gasteiger partial charge is 0.198 e. The maximum absolute atomic E-state index is 14.1. The highest BCUT2D eigenvalue weighted by molar-refractivity contribution is 6.44. The summed E-state index contributed by atoms with van der Waals surface area (Å²) in [5, 5.41) is 1.67. The van der Waals surface area contributed by atoms with Gasteiger partial charge in [-0.15, -0.1) is 0 Å². The largest absolute Gasteiger partial charge is 0.456 e. The maximum atomic E-state index is 14.1. The van der Waals surface area contributed by atoms with Crippen LogP contribution in [0.25, 0.3) is 10.8 Å². The highest BCUT2D eigenvalue weighted by atomic mass is 35.5. The summed E-state index contributed by atoms with van der Waals surface area (Å²) in [6.45, 7) is 0. The van der Waals surface area contributed by atoms with E-state index in [1.807, 2.05) is 12.1 Å². The molecule has 4 nitrogen and oxygen atoms in total. The van der Waals surface area contributed by atoms with Gasteiger partial charge in [0.05, 0.1) is 31.2 Å². The number of hydrogen-bond donors (Lipinski definition) is 0. The molecule has 5 aromatic carbocycles. The van der Waals surface area contributed by atoms with Crippen LogP contribution in [-0.4, -0.2) is 11.6 Å². The van der Waals surface area contributed by atoms with Gasteiger partial charge in [0.2, 0.25) is 0 Å². The molecule has 0 amide bonds. The number of carbonyl (C=O) groups is 2. The van der Waals surface area contributed by atoms with Gasteiger partial charge in [-0.25, -0.2) is 0 Å². The molecule has 186 valence electrons. The first kappa shape index (κ1) is 24.8. The molecule has 0 unspecified atom stereocenters. The number of fused-ring (bicyclic) bond motifs is 3. The molecule has 8 heteroatoms. The summed E-state index contributed by atoms with van der Waals surface area (Å²) in [6, 6.07) is 23.8. The Kier molecular flexibility index (Phi) is 6.29. The number of rotatable bonds is 4. The van der Waals surface area contributed by atoms with Gasteiger partial charge in [0.1, 0.15) is 23.0 Å². The molecular weight excluding hydrogens is 566 g/mol. The summed E-state index contributed by atoms with van der Waals surface area (Å²) in [6.07, 6.45) is 0. The molecule has 5 aromatic rings. The van der Waals surface area contributed by atoms with Crippen LogP contribution >= 0.6 is 46.4 Å². The highest BCUT2D eigenvalue weighted by Gasteiger charge is 2.38. The molecule has 0 fully saturated rings. The Labute approximate surface area is 237 Å². The lowest BCUT2D eigenvalue weighted by atomic mass is 9.81. The fraction of sp³-hybridized carbons (Fsp3) is 0. The minimum atomic E-state index is -0.468. The van der Waals surface area contributed by atoms with Gasteiger partial charge in [0, 0.05) is 21.9 Å². The van der Waals surface area contributed by atoms with Crippen molar-refractivity contribution < 1.29 is 19.1 Å². The molecule has 1 aliphatic rings. The average Bonchev–Trinajstić information content (AvgIpc) is 2.92. The average molecular weight is 580 g/mol. The Morgan fingerprint density at radius 1 is 0.474 bits per heavy atom. The van der Waals surface area contributed by atoms with E-state index in [1.165, 1.54) is 12.1 Å². The van der Waals surface area contributed by atoms with Crippen LogP contribution in [0.4, 0.5) is 0 Å². The van der Waals surface area contributed by atoms with E-state index in [0.717, 1.165) is 0 Å². The summed E-state index contributed by atoms with van der Waals surface area (Å²) in [5.74, 6) is 0.276. The van der Waals surface area contributed by atoms with Crippen LogP contribution in [0.3, 0.4) is 0 Å².